The molecule has 17 heavy (non-hydrogen) atoms. The average Bonchev–Trinajstić information content (AvgIpc) is 2.63. The maximum Gasteiger partial charge on any atom is 0.144 e. The lowest BCUT2D eigenvalue weighted by molar-refractivity contribution is 0.0852. The second-order valence-electron chi connectivity index (χ2n) is 4.47. The van der Waals surface area contributed by atoms with Crippen molar-refractivity contribution in [2.75, 3.05) is 25.2 Å². The van der Waals surface area contributed by atoms with Gasteiger partial charge in [0.1, 0.15) is 17.5 Å². The van der Waals surface area contributed by atoms with E-state index >= 15 is 0 Å². The standard InChI is InChI=1S/C12H18N4O/c1-9-11(8-13)12(16(3)14-9)15(2)10-4-6-17-7-5-10/h10H,4-7H2,1-3H3. The van der Waals surface area contributed by atoms with Gasteiger partial charge in [0, 0.05) is 33.4 Å². The second-order valence-corrected chi connectivity index (χ2v) is 4.47. The van der Waals surface area contributed by atoms with Crippen molar-refractivity contribution in [3.05, 3.63) is 11.3 Å². The Kier molecular flexibility index (Phi) is 3.34. The van der Waals surface area contributed by atoms with Crippen LogP contribution >= 0.6 is 0 Å². The molecule has 0 saturated carbocycles. The number of rotatable bonds is 2. The zero-order chi connectivity index (χ0) is 12.4. The topological polar surface area (TPSA) is 54.1 Å². The quantitative estimate of drug-likeness (QED) is 0.772. The molecule has 1 saturated heterocycles. The molecule has 0 unspecified atom stereocenters. The summed E-state index contributed by atoms with van der Waals surface area (Å²) in [6.07, 6.45) is 2.01. The van der Waals surface area contributed by atoms with Crippen LogP contribution in [0.4, 0.5) is 5.82 Å². The molecule has 0 amide bonds. The Morgan fingerprint density at radius 1 is 1.47 bits per heavy atom. The SMILES string of the molecule is Cc1nn(C)c(N(C)C2CCOCC2)c1C#N. The van der Waals surface area contributed by atoms with Crippen LogP contribution in [0, 0.1) is 18.3 Å². The van der Waals surface area contributed by atoms with Crippen molar-refractivity contribution in [3.63, 3.8) is 0 Å². The van der Waals surface area contributed by atoms with E-state index in [2.05, 4.69) is 16.1 Å². The lowest BCUT2D eigenvalue weighted by Crippen LogP contribution is -2.38. The number of hydrogen-bond donors (Lipinski definition) is 0. The molecule has 5 nitrogen and oxygen atoms in total. The number of nitriles is 1. The predicted molar refractivity (Wildman–Crippen MR) is 64.9 cm³/mol. The van der Waals surface area contributed by atoms with Gasteiger partial charge >= 0.3 is 0 Å². The van der Waals surface area contributed by atoms with Gasteiger partial charge in [0.05, 0.1) is 5.69 Å². The van der Waals surface area contributed by atoms with Crippen molar-refractivity contribution in [1.82, 2.24) is 9.78 Å². The molecule has 1 aliphatic rings. The molecule has 92 valence electrons. The van der Waals surface area contributed by atoms with Gasteiger partial charge in [0.25, 0.3) is 0 Å². The summed E-state index contributed by atoms with van der Waals surface area (Å²) < 4.78 is 7.16. The van der Waals surface area contributed by atoms with Crippen LogP contribution in [-0.4, -0.2) is 36.1 Å². The molecule has 2 rings (SSSR count). The fraction of sp³-hybridized carbons (Fsp3) is 0.667. The van der Waals surface area contributed by atoms with Crippen LogP contribution in [0.2, 0.25) is 0 Å². The van der Waals surface area contributed by atoms with Crippen LogP contribution in [0.1, 0.15) is 24.1 Å². The Labute approximate surface area is 102 Å². The minimum Gasteiger partial charge on any atom is -0.381 e. The molecule has 1 aliphatic heterocycles. The smallest absolute Gasteiger partial charge is 0.144 e. The first-order chi connectivity index (χ1) is 8.15. The van der Waals surface area contributed by atoms with Crippen molar-refractivity contribution < 1.29 is 4.74 Å². The molecule has 0 bridgehead atoms. The molecule has 0 aromatic carbocycles. The van der Waals surface area contributed by atoms with E-state index in [0.717, 1.165) is 37.6 Å². The first-order valence-corrected chi connectivity index (χ1v) is 5.89. The van der Waals surface area contributed by atoms with Crippen molar-refractivity contribution in [2.45, 2.75) is 25.8 Å². The molecule has 1 aromatic rings. The van der Waals surface area contributed by atoms with Crippen LogP contribution < -0.4 is 4.90 Å². The second kappa shape index (κ2) is 4.76. The molecule has 2 heterocycles. The van der Waals surface area contributed by atoms with Crippen molar-refractivity contribution in [3.8, 4) is 6.07 Å². The predicted octanol–water partition coefficient (Wildman–Crippen LogP) is 1.22. The lowest BCUT2D eigenvalue weighted by Gasteiger charge is -2.32. The van der Waals surface area contributed by atoms with Crippen molar-refractivity contribution in [1.29, 1.82) is 5.26 Å². The van der Waals surface area contributed by atoms with E-state index in [1.807, 2.05) is 21.0 Å². The molecule has 5 heteroatoms. The Morgan fingerprint density at radius 3 is 2.71 bits per heavy atom. The Morgan fingerprint density at radius 2 is 2.12 bits per heavy atom. The summed E-state index contributed by atoms with van der Waals surface area (Å²) >= 11 is 0. The largest absolute Gasteiger partial charge is 0.381 e. The van der Waals surface area contributed by atoms with Gasteiger partial charge in [-0.15, -0.1) is 0 Å². The van der Waals surface area contributed by atoms with Crippen molar-refractivity contribution in [2.24, 2.45) is 7.05 Å². The van der Waals surface area contributed by atoms with E-state index in [1.165, 1.54) is 0 Å². The summed E-state index contributed by atoms with van der Waals surface area (Å²) in [4.78, 5) is 2.17. The summed E-state index contributed by atoms with van der Waals surface area (Å²) in [6.45, 7) is 3.47. The third-order valence-corrected chi connectivity index (χ3v) is 3.38. The normalized spacial score (nSPS) is 16.8. The van der Waals surface area contributed by atoms with Gasteiger partial charge in [-0.3, -0.25) is 4.68 Å². The third kappa shape index (κ3) is 2.13. The minimum atomic E-state index is 0.436. The monoisotopic (exact) mass is 234 g/mol. The molecule has 0 aliphatic carbocycles. The summed E-state index contributed by atoms with van der Waals surface area (Å²) in [7, 11) is 3.92. The molecule has 1 aromatic heterocycles. The van der Waals surface area contributed by atoms with Crippen LogP contribution in [0.15, 0.2) is 0 Å². The molecule has 0 radical (unpaired) electrons. The molecule has 1 fully saturated rings. The first-order valence-electron chi connectivity index (χ1n) is 5.89. The Bertz CT molecular complexity index is 440. The van der Waals surface area contributed by atoms with E-state index in [4.69, 9.17) is 4.74 Å². The number of hydrogen-bond acceptors (Lipinski definition) is 4. The Hall–Kier alpha value is -1.54. The van der Waals surface area contributed by atoms with Gasteiger partial charge in [0.2, 0.25) is 0 Å². The average molecular weight is 234 g/mol. The van der Waals surface area contributed by atoms with Gasteiger partial charge in [-0.1, -0.05) is 0 Å². The van der Waals surface area contributed by atoms with Gasteiger partial charge in [-0.2, -0.15) is 10.4 Å². The highest BCUT2D eigenvalue weighted by Crippen LogP contribution is 2.25. The Balaban J connectivity index is 2.29. The fourth-order valence-electron chi connectivity index (χ4n) is 2.43. The summed E-state index contributed by atoms with van der Waals surface area (Å²) in [5.41, 5.74) is 1.48. The highest BCUT2D eigenvalue weighted by molar-refractivity contribution is 5.57. The minimum absolute atomic E-state index is 0.436. The number of anilines is 1. The maximum atomic E-state index is 9.21. The summed E-state index contributed by atoms with van der Waals surface area (Å²) in [5, 5.41) is 13.5. The highest BCUT2D eigenvalue weighted by Gasteiger charge is 2.24. The van der Waals surface area contributed by atoms with Crippen LogP contribution in [0.5, 0.6) is 0 Å². The molecule has 0 N–H and O–H groups in total. The number of nitrogens with zero attached hydrogens (tertiary/aromatic N) is 4. The zero-order valence-corrected chi connectivity index (χ0v) is 10.6. The van der Waals surface area contributed by atoms with E-state index in [9.17, 15) is 5.26 Å². The van der Waals surface area contributed by atoms with Gasteiger partial charge in [-0.25, -0.2) is 0 Å². The summed E-state index contributed by atoms with van der Waals surface area (Å²) in [5.74, 6) is 0.914. The third-order valence-electron chi connectivity index (χ3n) is 3.38. The molecule has 0 atom stereocenters. The number of ether oxygens (including phenoxy) is 1. The van der Waals surface area contributed by atoms with E-state index < -0.39 is 0 Å². The lowest BCUT2D eigenvalue weighted by atomic mass is 10.1. The van der Waals surface area contributed by atoms with Gasteiger partial charge < -0.3 is 9.64 Å². The number of aromatic nitrogens is 2. The van der Waals surface area contributed by atoms with Gasteiger partial charge in [0.15, 0.2) is 0 Å². The molecular formula is C12H18N4O. The van der Waals surface area contributed by atoms with E-state index in [1.54, 1.807) is 4.68 Å². The van der Waals surface area contributed by atoms with Crippen molar-refractivity contribution >= 4 is 5.82 Å². The van der Waals surface area contributed by atoms with E-state index in [0.29, 0.717) is 11.6 Å². The first kappa shape index (κ1) is 11.9. The van der Waals surface area contributed by atoms with Crippen LogP contribution in [0.25, 0.3) is 0 Å². The number of aryl methyl sites for hydroxylation is 2. The highest BCUT2D eigenvalue weighted by atomic mass is 16.5. The molecular weight excluding hydrogens is 216 g/mol. The van der Waals surface area contributed by atoms with Crippen LogP contribution in [-0.2, 0) is 11.8 Å². The van der Waals surface area contributed by atoms with Crippen LogP contribution in [0.3, 0.4) is 0 Å². The summed E-state index contributed by atoms with van der Waals surface area (Å²) in [6, 6.07) is 2.68. The molecule has 0 spiro atoms. The fourth-order valence-corrected chi connectivity index (χ4v) is 2.43. The van der Waals surface area contributed by atoms with E-state index in [-0.39, 0.29) is 0 Å². The van der Waals surface area contributed by atoms with Gasteiger partial charge in [-0.05, 0) is 19.8 Å². The maximum absolute atomic E-state index is 9.21. The zero-order valence-electron chi connectivity index (χ0n) is 10.6.